The molecule has 1 heterocycles. The molecule has 0 aliphatic rings. The Morgan fingerprint density at radius 2 is 2.00 bits per heavy atom. The van der Waals surface area contributed by atoms with Crippen molar-refractivity contribution in [2.24, 2.45) is 0 Å². The van der Waals surface area contributed by atoms with Gasteiger partial charge in [-0.15, -0.1) is 11.3 Å². The molecule has 0 amide bonds. The second kappa shape index (κ2) is 5.61. The van der Waals surface area contributed by atoms with Crippen LogP contribution in [-0.4, -0.2) is 10.1 Å². The lowest BCUT2D eigenvalue weighted by atomic mass is 9.98. The third-order valence-electron chi connectivity index (χ3n) is 2.88. The van der Waals surface area contributed by atoms with Gasteiger partial charge >= 0.3 is 0 Å². The Bertz CT molecular complexity index is 559. The smallest absolute Gasteiger partial charge is 0.101 e. The summed E-state index contributed by atoms with van der Waals surface area (Å²) in [4.78, 5) is 4.53. The van der Waals surface area contributed by atoms with Crippen molar-refractivity contribution in [1.29, 1.82) is 0 Å². The molecule has 0 radical (unpaired) electrons. The number of hydrogen-bond donors (Lipinski definition) is 1. The molecule has 0 saturated heterocycles. The highest BCUT2D eigenvalue weighted by Crippen LogP contribution is 2.29. The summed E-state index contributed by atoms with van der Waals surface area (Å²) in [6.45, 7) is 6.36. The molecular formula is C15H18ClNOS. The molecular weight excluding hydrogens is 278 g/mol. The molecule has 2 rings (SSSR count). The molecule has 2 nitrogen and oxygen atoms in total. The number of hydrogen-bond acceptors (Lipinski definition) is 3. The van der Waals surface area contributed by atoms with E-state index >= 15 is 0 Å². The number of aromatic nitrogens is 1. The number of thiazole rings is 1. The molecule has 19 heavy (non-hydrogen) atoms. The molecule has 0 saturated carbocycles. The number of benzene rings is 1. The highest BCUT2D eigenvalue weighted by molar-refractivity contribution is 7.09. The van der Waals surface area contributed by atoms with E-state index in [0.717, 1.165) is 16.3 Å². The second-order valence-corrected chi connectivity index (χ2v) is 6.90. The van der Waals surface area contributed by atoms with Crippen molar-refractivity contribution in [2.75, 3.05) is 0 Å². The average Bonchev–Trinajstić information content (AvgIpc) is 2.81. The maximum Gasteiger partial charge on any atom is 0.101 e. The van der Waals surface area contributed by atoms with Gasteiger partial charge in [0.1, 0.15) is 6.10 Å². The van der Waals surface area contributed by atoms with Gasteiger partial charge < -0.3 is 5.11 Å². The topological polar surface area (TPSA) is 33.1 Å². The highest BCUT2D eigenvalue weighted by atomic mass is 35.5. The van der Waals surface area contributed by atoms with Gasteiger partial charge in [0.2, 0.25) is 0 Å². The van der Waals surface area contributed by atoms with Crippen molar-refractivity contribution < 1.29 is 5.11 Å². The van der Waals surface area contributed by atoms with E-state index in [4.69, 9.17) is 11.6 Å². The van der Waals surface area contributed by atoms with E-state index in [2.05, 4.69) is 25.8 Å². The summed E-state index contributed by atoms with van der Waals surface area (Å²) >= 11 is 7.70. The van der Waals surface area contributed by atoms with Gasteiger partial charge in [-0.1, -0.05) is 50.6 Å². The first-order chi connectivity index (χ1) is 8.88. The van der Waals surface area contributed by atoms with Gasteiger partial charge in [-0.25, -0.2) is 4.98 Å². The number of aliphatic hydroxyl groups is 1. The fourth-order valence-corrected chi connectivity index (χ4v) is 2.93. The van der Waals surface area contributed by atoms with Gasteiger partial charge in [-0.2, -0.15) is 0 Å². The third kappa shape index (κ3) is 3.56. The first-order valence-corrected chi connectivity index (χ1v) is 7.51. The monoisotopic (exact) mass is 295 g/mol. The summed E-state index contributed by atoms with van der Waals surface area (Å²) in [5.74, 6) is 0. The van der Waals surface area contributed by atoms with E-state index in [0.29, 0.717) is 11.4 Å². The van der Waals surface area contributed by atoms with Crippen molar-refractivity contribution in [2.45, 2.75) is 38.7 Å². The largest absolute Gasteiger partial charge is 0.386 e. The zero-order valence-electron chi connectivity index (χ0n) is 11.4. The molecule has 102 valence electrons. The summed E-state index contributed by atoms with van der Waals surface area (Å²) in [7, 11) is 0. The standard InChI is InChI=1S/C15H18ClNOS/c1-15(2,3)14-17-12(9-19-14)13(18)8-10-6-4-5-7-11(10)16/h4-7,9,13,18H,8H2,1-3H3. The molecule has 4 heteroatoms. The van der Waals surface area contributed by atoms with Crippen LogP contribution in [0.25, 0.3) is 0 Å². The maximum atomic E-state index is 10.3. The molecule has 0 spiro atoms. The van der Waals surface area contributed by atoms with Crippen molar-refractivity contribution >= 4 is 22.9 Å². The summed E-state index contributed by atoms with van der Waals surface area (Å²) in [6, 6.07) is 7.59. The predicted molar refractivity (Wildman–Crippen MR) is 80.9 cm³/mol. The highest BCUT2D eigenvalue weighted by Gasteiger charge is 2.21. The molecule has 0 fully saturated rings. The van der Waals surface area contributed by atoms with Crippen LogP contribution in [-0.2, 0) is 11.8 Å². The molecule has 1 atom stereocenters. The van der Waals surface area contributed by atoms with E-state index in [-0.39, 0.29) is 5.41 Å². The van der Waals surface area contributed by atoms with Crippen LogP contribution < -0.4 is 0 Å². The minimum atomic E-state index is -0.604. The van der Waals surface area contributed by atoms with Crippen LogP contribution in [0, 0.1) is 0 Å². The van der Waals surface area contributed by atoms with E-state index in [9.17, 15) is 5.11 Å². The van der Waals surface area contributed by atoms with Gasteiger partial charge in [-0.05, 0) is 11.6 Å². The molecule has 0 aliphatic heterocycles. The SMILES string of the molecule is CC(C)(C)c1nc(C(O)Cc2ccccc2Cl)cs1. The van der Waals surface area contributed by atoms with Crippen LogP contribution in [0.15, 0.2) is 29.6 Å². The number of rotatable bonds is 3. The quantitative estimate of drug-likeness (QED) is 0.912. The Labute approximate surface area is 123 Å². The van der Waals surface area contributed by atoms with Gasteiger partial charge in [0.25, 0.3) is 0 Å². The Morgan fingerprint density at radius 1 is 1.32 bits per heavy atom. The lowest BCUT2D eigenvalue weighted by molar-refractivity contribution is 0.174. The predicted octanol–water partition coefficient (Wildman–Crippen LogP) is 4.37. The Balaban J connectivity index is 2.15. The maximum absolute atomic E-state index is 10.3. The first-order valence-electron chi connectivity index (χ1n) is 6.25. The van der Waals surface area contributed by atoms with E-state index in [1.165, 1.54) is 0 Å². The third-order valence-corrected chi connectivity index (χ3v) is 4.53. The summed E-state index contributed by atoms with van der Waals surface area (Å²) < 4.78 is 0. The van der Waals surface area contributed by atoms with Crippen LogP contribution in [0.2, 0.25) is 5.02 Å². The van der Waals surface area contributed by atoms with Gasteiger partial charge in [0.15, 0.2) is 0 Å². The first kappa shape index (κ1) is 14.5. The lowest BCUT2D eigenvalue weighted by Crippen LogP contribution is -2.11. The van der Waals surface area contributed by atoms with Crippen LogP contribution in [0.4, 0.5) is 0 Å². The number of halogens is 1. The number of aliphatic hydroxyl groups excluding tert-OH is 1. The van der Waals surface area contributed by atoms with E-state index in [1.807, 2.05) is 29.6 Å². The molecule has 1 unspecified atom stereocenters. The zero-order chi connectivity index (χ0) is 14.0. The Kier molecular flexibility index (Phi) is 4.29. The molecule has 2 aromatic rings. The molecule has 1 N–H and O–H groups in total. The van der Waals surface area contributed by atoms with Crippen molar-refractivity contribution in [3.05, 3.63) is 50.9 Å². The lowest BCUT2D eigenvalue weighted by Gasteiger charge is -2.14. The Morgan fingerprint density at radius 3 is 2.58 bits per heavy atom. The minimum absolute atomic E-state index is 0.0209. The van der Waals surface area contributed by atoms with Crippen molar-refractivity contribution in [3.63, 3.8) is 0 Å². The fraction of sp³-hybridized carbons (Fsp3) is 0.400. The van der Waals surface area contributed by atoms with Gasteiger partial charge in [0.05, 0.1) is 10.7 Å². The normalized spacial score (nSPS) is 13.5. The fourth-order valence-electron chi connectivity index (χ4n) is 1.76. The molecule has 1 aromatic heterocycles. The summed E-state index contributed by atoms with van der Waals surface area (Å²) in [5, 5.41) is 13.9. The molecule has 0 aliphatic carbocycles. The molecule has 0 bridgehead atoms. The summed E-state index contributed by atoms with van der Waals surface area (Å²) in [5.41, 5.74) is 1.70. The van der Waals surface area contributed by atoms with Gasteiger partial charge in [-0.3, -0.25) is 0 Å². The summed E-state index contributed by atoms with van der Waals surface area (Å²) in [6.07, 6.45) is -0.111. The van der Waals surface area contributed by atoms with Crippen LogP contribution in [0.5, 0.6) is 0 Å². The number of nitrogens with zero attached hydrogens (tertiary/aromatic N) is 1. The second-order valence-electron chi connectivity index (χ2n) is 5.64. The van der Waals surface area contributed by atoms with Crippen LogP contribution in [0.3, 0.4) is 0 Å². The molecule has 1 aromatic carbocycles. The van der Waals surface area contributed by atoms with Crippen LogP contribution >= 0.6 is 22.9 Å². The average molecular weight is 296 g/mol. The van der Waals surface area contributed by atoms with Crippen molar-refractivity contribution in [1.82, 2.24) is 4.98 Å². The minimum Gasteiger partial charge on any atom is -0.386 e. The van der Waals surface area contributed by atoms with Crippen LogP contribution in [0.1, 0.15) is 43.1 Å². The van der Waals surface area contributed by atoms with Gasteiger partial charge in [0, 0.05) is 22.2 Å². The Hall–Kier alpha value is -0.900. The van der Waals surface area contributed by atoms with E-state index < -0.39 is 6.10 Å². The van der Waals surface area contributed by atoms with Crippen molar-refractivity contribution in [3.8, 4) is 0 Å². The zero-order valence-corrected chi connectivity index (χ0v) is 12.9. The van der Waals surface area contributed by atoms with E-state index in [1.54, 1.807) is 11.3 Å².